The standard InChI is InChI=1S/C18H20N4O2/c1-13-17(20-9-8-19-13)23-12-14-6-10-22(11-7-14)18-21-15-4-2-3-5-16(15)24-18/h2-5,8-9,14H,6-7,10-12H2,1H3. The van der Waals surface area contributed by atoms with Crippen LogP contribution in [0.2, 0.25) is 0 Å². The second kappa shape index (κ2) is 6.47. The lowest BCUT2D eigenvalue weighted by Gasteiger charge is -2.30. The lowest BCUT2D eigenvalue weighted by molar-refractivity contribution is 0.212. The second-order valence-corrected chi connectivity index (χ2v) is 6.15. The third-order valence-corrected chi connectivity index (χ3v) is 4.46. The first kappa shape index (κ1) is 14.9. The number of hydrogen-bond acceptors (Lipinski definition) is 6. The molecule has 1 fully saturated rings. The average Bonchev–Trinajstić information content (AvgIpc) is 3.06. The first-order chi connectivity index (χ1) is 11.8. The summed E-state index contributed by atoms with van der Waals surface area (Å²) >= 11 is 0. The van der Waals surface area contributed by atoms with E-state index in [0.29, 0.717) is 18.4 Å². The van der Waals surface area contributed by atoms with Gasteiger partial charge >= 0.3 is 0 Å². The summed E-state index contributed by atoms with van der Waals surface area (Å²) in [6.07, 6.45) is 5.45. The van der Waals surface area contributed by atoms with Gasteiger partial charge in [0.05, 0.1) is 12.3 Å². The summed E-state index contributed by atoms with van der Waals surface area (Å²) in [5, 5.41) is 0. The van der Waals surface area contributed by atoms with Crippen molar-refractivity contribution in [1.82, 2.24) is 15.0 Å². The molecule has 6 heteroatoms. The molecule has 0 radical (unpaired) electrons. The van der Waals surface area contributed by atoms with Gasteiger partial charge in [0.1, 0.15) is 5.52 Å². The van der Waals surface area contributed by atoms with Gasteiger partial charge < -0.3 is 14.1 Å². The van der Waals surface area contributed by atoms with E-state index in [-0.39, 0.29) is 0 Å². The van der Waals surface area contributed by atoms with E-state index in [1.54, 1.807) is 12.4 Å². The molecule has 1 saturated heterocycles. The van der Waals surface area contributed by atoms with Crippen LogP contribution in [-0.4, -0.2) is 34.6 Å². The fraction of sp³-hybridized carbons (Fsp3) is 0.389. The topological polar surface area (TPSA) is 64.3 Å². The van der Waals surface area contributed by atoms with Gasteiger partial charge in [0, 0.05) is 25.5 Å². The first-order valence-corrected chi connectivity index (χ1v) is 8.30. The van der Waals surface area contributed by atoms with Crippen LogP contribution in [0.5, 0.6) is 5.88 Å². The van der Waals surface area contributed by atoms with Crippen molar-refractivity contribution >= 4 is 17.1 Å². The van der Waals surface area contributed by atoms with Crippen LogP contribution in [0.15, 0.2) is 41.1 Å². The molecule has 0 unspecified atom stereocenters. The van der Waals surface area contributed by atoms with Crippen LogP contribution in [0.25, 0.3) is 11.1 Å². The van der Waals surface area contributed by atoms with E-state index < -0.39 is 0 Å². The van der Waals surface area contributed by atoms with Crippen molar-refractivity contribution in [2.45, 2.75) is 19.8 Å². The van der Waals surface area contributed by atoms with Crippen molar-refractivity contribution in [1.29, 1.82) is 0 Å². The van der Waals surface area contributed by atoms with E-state index in [1.165, 1.54) is 0 Å². The SMILES string of the molecule is Cc1nccnc1OCC1CCN(c2nc3ccccc3o2)CC1. The van der Waals surface area contributed by atoms with Crippen LogP contribution in [0.1, 0.15) is 18.5 Å². The molecule has 1 aliphatic rings. The summed E-state index contributed by atoms with van der Waals surface area (Å²) in [4.78, 5) is 15.2. The van der Waals surface area contributed by atoms with Crippen molar-refractivity contribution in [3.05, 3.63) is 42.4 Å². The molecule has 6 nitrogen and oxygen atoms in total. The molecular weight excluding hydrogens is 304 g/mol. The number of aromatic nitrogens is 3. The zero-order chi connectivity index (χ0) is 16.4. The van der Waals surface area contributed by atoms with Crippen molar-refractivity contribution in [3.63, 3.8) is 0 Å². The molecule has 0 bridgehead atoms. The number of benzene rings is 1. The Balaban J connectivity index is 1.34. The number of piperidine rings is 1. The third kappa shape index (κ3) is 3.04. The summed E-state index contributed by atoms with van der Waals surface area (Å²) < 4.78 is 11.7. The molecule has 1 aromatic carbocycles. The van der Waals surface area contributed by atoms with Gasteiger partial charge in [0.2, 0.25) is 5.88 Å². The molecule has 3 aromatic rings. The largest absolute Gasteiger partial charge is 0.476 e. The summed E-state index contributed by atoms with van der Waals surface area (Å²) in [6.45, 7) is 4.46. The number of fused-ring (bicyclic) bond motifs is 1. The number of aryl methyl sites for hydroxylation is 1. The fourth-order valence-electron chi connectivity index (χ4n) is 3.02. The van der Waals surface area contributed by atoms with Gasteiger partial charge in [-0.3, -0.25) is 4.98 Å². The molecule has 2 aromatic heterocycles. The highest BCUT2D eigenvalue weighted by Crippen LogP contribution is 2.26. The van der Waals surface area contributed by atoms with Crippen molar-refractivity contribution < 1.29 is 9.15 Å². The fourth-order valence-corrected chi connectivity index (χ4v) is 3.02. The first-order valence-electron chi connectivity index (χ1n) is 8.30. The van der Waals surface area contributed by atoms with E-state index in [0.717, 1.165) is 48.7 Å². The molecule has 0 spiro atoms. The minimum atomic E-state index is 0.520. The Morgan fingerprint density at radius 3 is 2.75 bits per heavy atom. The molecule has 0 atom stereocenters. The van der Waals surface area contributed by atoms with Gasteiger partial charge in [-0.1, -0.05) is 12.1 Å². The Kier molecular flexibility index (Phi) is 4.02. The maximum absolute atomic E-state index is 5.85. The normalized spacial score (nSPS) is 15.8. The predicted molar refractivity (Wildman–Crippen MR) is 91.2 cm³/mol. The summed E-state index contributed by atoms with van der Waals surface area (Å²) in [7, 11) is 0. The Hall–Kier alpha value is -2.63. The number of anilines is 1. The summed E-state index contributed by atoms with van der Waals surface area (Å²) in [5.41, 5.74) is 2.59. The van der Waals surface area contributed by atoms with Gasteiger partial charge in [-0.25, -0.2) is 4.98 Å². The van der Waals surface area contributed by atoms with Crippen LogP contribution in [-0.2, 0) is 0 Å². The second-order valence-electron chi connectivity index (χ2n) is 6.15. The van der Waals surface area contributed by atoms with Gasteiger partial charge in [-0.2, -0.15) is 4.98 Å². The minimum Gasteiger partial charge on any atom is -0.476 e. The molecule has 0 saturated carbocycles. The number of hydrogen-bond donors (Lipinski definition) is 0. The highest BCUT2D eigenvalue weighted by Gasteiger charge is 2.23. The number of para-hydroxylation sites is 2. The molecule has 1 aliphatic heterocycles. The van der Waals surface area contributed by atoms with E-state index in [2.05, 4.69) is 19.9 Å². The van der Waals surface area contributed by atoms with Crippen LogP contribution >= 0.6 is 0 Å². The highest BCUT2D eigenvalue weighted by molar-refractivity contribution is 5.74. The Morgan fingerprint density at radius 1 is 1.17 bits per heavy atom. The smallest absolute Gasteiger partial charge is 0.298 e. The monoisotopic (exact) mass is 324 g/mol. The zero-order valence-corrected chi connectivity index (χ0v) is 13.7. The van der Waals surface area contributed by atoms with Crippen LogP contribution < -0.4 is 9.64 Å². The molecule has 0 amide bonds. The molecule has 3 heterocycles. The van der Waals surface area contributed by atoms with E-state index in [9.17, 15) is 0 Å². The van der Waals surface area contributed by atoms with E-state index in [1.807, 2.05) is 31.2 Å². The molecular formula is C18H20N4O2. The minimum absolute atomic E-state index is 0.520. The Labute approximate surface area is 140 Å². The Bertz CT molecular complexity index is 792. The van der Waals surface area contributed by atoms with Gasteiger partial charge in [-0.15, -0.1) is 0 Å². The lowest BCUT2D eigenvalue weighted by Crippen LogP contribution is -2.35. The highest BCUT2D eigenvalue weighted by atomic mass is 16.5. The molecule has 0 N–H and O–H groups in total. The van der Waals surface area contributed by atoms with Gasteiger partial charge in [0.15, 0.2) is 5.58 Å². The number of oxazole rings is 1. The average molecular weight is 324 g/mol. The van der Waals surface area contributed by atoms with Crippen LogP contribution in [0, 0.1) is 12.8 Å². The quantitative estimate of drug-likeness (QED) is 0.734. The van der Waals surface area contributed by atoms with Crippen LogP contribution in [0.4, 0.5) is 6.01 Å². The van der Waals surface area contributed by atoms with Gasteiger partial charge in [-0.05, 0) is 37.8 Å². The third-order valence-electron chi connectivity index (χ3n) is 4.46. The molecule has 4 rings (SSSR count). The predicted octanol–water partition coefficient (Wildman–Crippen LogP) is 3.22. The number of ether oxygens (including phenoxy) is 1. The maximum atomic E-state index is 5.85. The van der Waals surface area contributed by atoms with Crippen molar-refractivity contribution in [2.24, 2.45) is 5.92 Å². The summed E-state index contributed by atoms with van der Waals surface area (Å²) in [6, 6.07) is 8.60. The van der Waals surface area contributed by atoms with Gasteiger partial charge in [0.25, 0.3) is 6.01 Å². The van der Waals surface area contributed by atoms with E-state index >= 15 is 0 Å². The summed E-state index contributed by atoms with van der Waals surface area (Å²) in [5.74, 6) is 1.16. The number of nitrogens with zero attached hydrogens (tertiary/aromatic N) is 4. The lowest BCUT2D eigenvalue weighted by atomic mass is 9.98. The van der Waals surface area contributed by atoms with Crippen molar-refractivity contribution in [3.8, 4) is 5.88 Å². The zero-order valence-electron chi connectivity index (χ0n) is 13.7. The molecule has 124 valence electrons. The maximum Gasteiger partial charge on any atom is 0.298 e. The molecule has 0 aliphatic carbocycles. The van der Waals surface area contributed by atoms with Crippen molar-refractivity contribution in [2.75, 3.05) is 24.6 Å². The van der Waals surface area contributed by atoms with Crippen LogP contribution in [0.3, 0.4) is 0 Å². The Morgan fingerprint density at radius 2 is 1.96 bits per heavy atom. The number of rotatable bonds is 4. The van der Waals surface area contributed by atoms with E-state index in [4.69, 9.17) is 9.15 Å². The molecule has 24 heavy (non-hydrogen) atoms.